The number of anilines is 1. The maximum Gasteiger partial charge on any atom is 0.231 e. The summed E-state index contributed by atoms with van der Waals surface area (Å²) < 4.78 is 6.00. The van der Waals surface area contributed by atoms with E-state index >= 15 is 0 Å². The van der Waals surface area contributed by atoms with Crippen LogP contribution in [0.3, 0.4) is 0 Å². The molecular weight excluding hydrogens is 258 g/mol. The second-order valence-corrected chi connectivity index (χ2v) is 5.77. The number of aromatic nitrogens is 2. The van der Waals surface area contributed by atoms with Gasteiger partial charge in [0.2, 0.25) is 11.0 Å². The van der Waals surface area contributed by atoms with Crippen molar-refractivity contribution < 1.29 is 9.53 Å². The highest BCUT2D eigenvalue weighted by Crippen LogP contribution is 2.26. The Morgan fingerprint density at radius 3 is 3.29 bits per heavy atom. The molecule has 1 unspecified atom stereocenters. The molecule has 0 spiro atoms. The summed E-state index contributed by atoms with van der Waals surface area (Å²) in [6.07, 6.45) is 2.59. The van der Waals surface area contributed by atoms with E-state index in [0.29, 0.717) is 18.3 Å². The smallest absolute Gasteiger partial charge is 0.231 e. The van der Waals surface area contributed by atoms with Gasteiger partial charge in [-0.1, -0.05) is 29.2 Å². The van der Waals surface area contributed by atoms with Crippen molar-refractivity contribution in [3.8, 4) is 0 Å². The van der Waals surface area contributed by atoms with Crippen LogP contribution in [0, 0.1) is 5.92 Å². The second kappa shape index (κ2) is 6.13. The van der Waals surface area contributed by atoms with E-state index in [-0.39, 0.29) is 11.8 Å². The topological polar surface area (TPSA) is 64.1 Å². The predicted molar refractivity (Wildman–Crippen MR) is 68.4 cm³/mol. The zero-order valence-electron chi connectivity index (χ0n) is 9.22. The Bertz CT molecular complexity index is 402. The van der Waals surface area contributed by atoms with Crippen LogP contribution in [0.25, 0.3) is 0 Å². The highest BCUT2D eigenvalue weighted by molar-refractivity contribution is 8.01. The molecule has 1 fully saturated rings. The number of amides is 1. The van der Waals surface area contributed by atoms with Gasteiger partial charge in [-0.3, -0.25) is 4.79 Å². The van der Waals surface area contributed by atoms with Gasteiger partial charge in [0, 0.05) is 12.4 Å². The minimum absolute atomic E-state index is 0.0288. The summed E-state index contributed by atoms with van der Waals surface area (Å²) in [5.41, 5.74) is 0. The molecule has 0 aliphatic carbocycles. The Morgan fingerprint density at radius 1 is 1.71 bits per heavy atom. The third kappa shape index (κ3) is 3.52. The van der Waals surface area contributed by atoms with Crippen molar-refractivity contribution in [3.63, 3.8) is 0 Å². The van der Waals surface area contributed by atoms with Gasteiger partial charge in [-0.05, 0) is 6.42 Å². The Balaban J connectivity index is 1.87. The zero-order valence-corrected chi connectivity index (χ0v) is 10.9. The summed E-state index contributed by atoms with van der Waals surface area (Å²) in [6, 6.07) is 0. The van der Waals surface area contributed by atoms with Gasteiger partial charge < -0.3 is 10.1 Å². The molecule has 1 aliphatic heterocycles. The molecule has 1 aliphatic rings. The summed E-state index contributed by atoms with van der Waals surface area (Å²) >= 11 is 2.93. The Kier molecular flexibility index (Phi) is 4.52. The standard InChI is InChI=1S/C10H13N3O2S2/c1-2-5-16-10-13-12-9(17-10)11-8(14)7-3-4-15-6-7/h2,7H,1,3-6H2,(H,11,12,14). The normalized spacial score (nSPS) is 19.2. The van der Waals surface area contributed by atoms with Crippen molar-refractivity contribution in [1.29, 1.82) is 0 Å². The van der Waals surface area contributed by atoms with Gasteiger partial charge in [0.15, 0.2) is 4.34 Å². The fourth-order valence-corrected chi connectivity index (χ4v) is 2.91. The maximum absolute atomic E-state index is 11.8. The zero-order chi connectivity index (χ0) is 12.1. The van der Waals surface area contributed by atoms with Crippen molar-refractivity contribution in [2.45, 2.75) is 10.8 Å². The molecule has 1 atom stereocenters. The lowest BCUT2D eigenvalue weighted by Gasteiger charge is -2.05. The van der Waals surface area contributed by atoms with Crippen molar-refractivity contribution in [3.05, 3.63) is 12.7 Å². The number of hydrogen-bond acceptors (Lipinski definition) is 6. The van der Waals surface area contributed by atoms with Gasteiger partial charge in [-0.2, -0.15) is 0 Å². The molecule has 1 N–H and O–H groups in total. The molecular formula is C10H13N3O2S2. The predicted octanol–water partition coefficient (Wildman–Crippen LogP) is 1.79. The molecule has 0 radical (unpaired) electrons. The SMILES string of the molecule is C=CCSc1nnc(NC(=O)C2CCOC2)s1. The molecule has 0 aromatic carbocycles. The van der Waals surface area contributed by atoms with Crippen molar-refractivity contribution in [1.82, 2.24) is 10.2 Å². The number of carbonyl (C=O) groups is 1. The van der Waals surface area contributed by atoms with Crippen LogP contribution >= 0.6 is 23.1 Å². The summed E-state index contributed by atoms with van der Waals surface area (Å²) in [4.78, 5) is 11.8. The van der Waals surface area contributed by atoms with Crippen LogP contribution in [0.2, 0.25) is 0 Å². The number of hydrogen-bond donors (Lipinski definition) is 1. The van der Waals surface area contributed by atoms with Crippen LogP contribution < -0.4 is 5.32 Å². The number of nitrogens with zero attached hydrogens (tertiary/aromatic N) is 2. The largest absolute Gasteiger partial charge is 0.381 e. The fraction of sp³-hybridized carbons (Fsp3) is 0.500. The fourth-order valence-electron chi connectivity index (χ4n) is 1.40. The van der Waals surface area contributed by atoms with Gasteiger partial charge >= 0.3 is 0 Å². The van der Waals surface area contributed by atoms with Crippen LogP contribution in [0.5, 0.6) is 0 Å². The first kappa shape index (κ1) is 12.5. The minimum Gasteiger partial charge on any atom is -0.381 e. The Hall–Kier alpha value is -0.920. The van der Waals surface area contributed by atoms with Crippen molar-refractivity contribution >= 4 is 34.1 Å². The lowest BCUT2D eigenvalue weighted by atomic mass is 10.1. The first-order chi connectivity index (χ1) is 8.29. The van der Waals surface area contributed by atoms with Gasteiger partial charge in [-0.15, -0.1) is 16.8 Å². The van der Waals surface area contributed by atoms with E-state index in [1.165, 1.54) is 11.3 Å². The lowest BCUT2D eigenvalue weighted by molar-refractivity contribution is -0.119. The highest BCUT2D eigenvalue weighted by Gasteiger charge is 2.24. The number of nitrogens with one attached hydrogen (secondary N) is 1. The first-order valence-corrected chi connectivity index (χ1v) is 7.05. The molecule has 1 amide bonds. The van der Waals surface area contributed by atoms with Gasteiger partial charge in [0.25, 0.3) is 0 Å². The molecule has 17 heavy (non-hydrogen) atoms. The molecule has 1 aromatic heterocycles. The van der Waals surface area contributed by atoms with Crippen LogP contribution in [0.15, 0.2) is 17.0 Å². The molecule has 92 valence electrons. The highest BCUT2D eigenvalue weighted by atomic mass is 32.2. The second-order valence-electron chi connectivity index (χ2n) is 3.52. The molecule has 0 saturated carbocycles. The van der Waals surface area contributed by atoms with Crippen molar-refractivity contribution in [2.24, 2.45) is 5.92 Å². The number of ether oxygens (including phenoxy) is 1. The molecule has 2 heterocycles. The van der Waals surface area contributed by atoms with E-state index < -0.39 is 0 Å². The minimum atomic E-state index is -0.0526. The van der Waals surface area contributed by atoms with E-state index in [0.717, 1.165) is 16.5 Å². The van der Waals surface area contributed by atoms with Crippen LogP contribution in [-0.2, 0) is 9.53 Å². The van der Waals surface area contributed by atoms with Crippen LogP contribution in [0.4, 0.5) is 5.13 Å². The van der Waals surface area contributed by atoms with Gasteiger partial charge in [-0.25, -0.2) is 0 Å². The molecule has 7 heteroatoms. The quantitative estimate of drug-likeness (QED) is 0.502. The van der Waals surface area contributed by atoms with E-state index in [2.05, 4.69) is 22.1 Å². The molecule has 1 aromatic rings. The van der Waals surface area contributed by atoms with Crippen molar-refractivity contribution in [2.75, 3.05) is 24.3 Å². The Labute approximate surface area is 108 Å². The van der Waals surface area contributed by atoms with E-state index in [1.807, 2.05) is 0 Å². The summed E-state index contributed by atoms with van der Waals surface area (Å²) in [5.74, 6) is 0.709. The molecule has 2 rings (SSSR count). The molecule has 1 saturated heterocycles. The number of rotatable bonds is 5. The lowest BCUT2D eigenvalue weighted by Crippen LogP contribution is -2.22. The van der Waals surface area contributed by atoms with Gasteiger partial charge in [0.1, 0.15) is 0 Å². The Morgan fingerprint density at radius 2 is 2.59 bits per heavy atom. The first-order valence-electron chi connectivity index (χ1n) is 5.25. The van der Waals surface area contributed by atoms with Crippen LogP contribution in [0.1, 0.15) is 6.42 Å². The molecule has 0 bridgehead atoms. The summed E-state index contributed by atoms with van der Waals surface area (Å²) in [7, 11) is 0. The third-order valence-corrected chi connectivity index (χ3v) is 4.23. The van der Waals surface area contributed by atoms with E-state index in [9.17, 15) is 4.79 Å². The summed E-state index contributed by atoms with van der Waals surface area (Å²) in [5, 5.41) is 11.2. The third-order valence-electron chi connectivity index (χ3n) is 2.26. The number of carbonyl (C=O) groups excluding carboxylic acids is 1. The monoisotopic (exact) mass is 271 g/mol. The maximum atomic E-state index is 11.8. The number of thioether (sulfide) groups is 1. The van der Waals surface area contributed by atoms with Gasteiger partial charge in [0.05, 0.1) is 12.5 Å². The van der Waals surface area contributed by atoms with Crippen LogP contribution in [-0.4, -0.2) is 35.1 Å². The van der Waals surface area contributed by atoms with E-state index in [4.69, 9.17) is 4.74 Å². The van der Waals surface area contributed by atoms with E-state index in [1.54, 1.807) is 17.8 Å². The summed E-state index contributed by atoms with van der Waals surface area (Å²) in [6.45, 7) is 4.80. The average molecular weight is 271 g/mol. The molecule has 5 nitrogen and oxygen atoms in total. The average Bonchev–Trinajstić information content (AvgIpc) is 2.97.